The largest absolute Gasteiger partial charge is 0.370 e. The number of rotatable bonds is 4. The van der Waals surface area contributed by atoms with E-state index in [1.54, 1.807) is 13.0 Å². The molecule has 2 atom stereocenters. The molecule has 33 heavy (non-hydrogen) atoms. The molecule has 174 valence electrons. The van der Waals surface area contributed by atoms with Crippen molar-refractivity contribution in [3.05, 3.63) is 40.7 Å². The van der Waals surface area contributed by atoms with Gasteiger partial charge in [0.1, 0.15) is 11.4 Å². The molecule has 9 nitrogen and oxygen atoms in total. The van der Waals surface area contributed by atoms with Crippen LogP contribution in [-0.2, 0) is 11.3 Å². The van der Waals surface area contributed by atoms with Gasteiger partial charge >= 0.3 is 0 Å². The van der Waals surface area contributed by atoms with Gasteiger partial charge in [0, 0.05) is 25.7 Å². The van der Waals surface area contributed by atoms with Crippen LogP contribution in [0.15, 0.2) is 22.8 Å². The second-order valence-electron chi connectivity index (χ2n) is 9.35. The van der Waals surface area contributed by atoms with Crippen LogP contribution < -0.4 is 4.90 Å². The standard InChI is InChI=1S/C24H29N5O4/c1-15-7-3-4-12-28(15)22(30)17-8-6-11-27(13-17)20-10-5-9-18-21(20)24(32)29(23(18)31)14-19-16(2)25-33-26-19/h5,9-10,15,17H,3-4,6-8,11-14H2,1-2H3/t15-,17+/m0/s1. The maximum atomic E-state index is 13.3. The van der Waals surface area contributed by atoms with Crippen molar-refractivity contribution < 1.29 is 19.0 Å². The van der Waals surface area contributed by atoms with E-state index in [0.717, 1.165) is 44.5 Å². The lowest BCUT2D eigenvalue weighted by Crippen LogP contribution is -2.49. The molecule has 0 bridgehead atoms. The van der Waals surface area contributed by atoms with Crippen molar-refractivity contribution in [1.82, 2.24) is 20.1 Å². The molecule has 0 unspecified atom stereocenters. The third-order valence-electron chi connectivity index (χ3n) is 7.23. The number of imide groups is 1. The van der Waals surface area contributed by atoms with Gasteiger partial charge < -0.3 is 9.80 Å². The zero-order valence-electron chi connectivity index (χ0n) is 19.1. The Morgan fingerprint density at radius 3 is 2.70 bits per heavy atom. The van der Waals surface area contributed by atoms with Crippen LogP contribution in [0.3, 0.4) is 0 Å². The lowest BCUT2D eigenvalue weighted by Gasteiger charge is -2.40. The smallest absolute Gasteiger partial charge is 0.264 e. The van der Waals surface area contributed by atoms with Crippen molar-refractivity contribution in [1.29, 1.82) is 0 Å². The number of carbonyl (C=O) groups excluding carboxylic acids is 3. The van der Waals surface area contributed by atoms with Crippen molar-refractivity contribution in [3.63, 3.8) is 0 Å². The summed E-state index contributed by atoms with van der Waals surface area (Å²) in [7, 11) is 0. The molecule has 0 saturated carbocycles. The summed E-state index contributed by atoms with van der Waals surface area (Å²) in [5.74, 6) is -0.558. The van der Waals surface area contributed by atoms with Crippen LogP contribution in [0.25, 0.3) is 0 Å². The summed E-state index contributed by atoms with van der Waals surface area (Å²) in [6.45, 7) is 6.02. The fraction of sp³-hybridized carbons (Fsp3) is 0.542. The van der Waals surface area contributed by atoms with Gasteiger partial charge in [-0.2, -0.15) is 0 Å². The number of hydrogen-bond donors (Lipinski definition) is 0. The number of nitrogens with zero attached hydrogens (tertiary/aromatic N) is 5. The highest BCUT2D eigenvalue weighted by atomic mass is 16.6. The van der Waals surface area contributed by atoms with E-state index in [4.69, 9.17) is 4.63 Å². The molecule has 0 spiro atoms. The highest BCUT2D eigenvalue weighted by Crippen LogP contribution is 2.35. The molecule has 5 rings (SSSR count). The Bertz CT molecular complexity index is 1100. The molecular formula is C24H29N5O4. The maximum absolute atomic E-state index is 13.3. The first-order valence-corrected chi connectivity index (χ1v) is 11.8. The van der Waals surface area contributed by atoms with E-state index in [1.165, 1.54) is 11.3 Å². The van der Waals surface area contributed by atoms with E-state index >= 15 is 0 Å². The Hall–Kier alpha value is -3.23. The van der Waals surface area contributed by atoms with Crippen LogP contribution >= 0.6 is 0 Å². The lowest BCUT2D eigenvalue weighted by atomic mass is 9.93. The van der Waals surface area contributed by atoms with Gasteiger partial charge in [-0.25, -0.2) is 4.63 Å². The summed E-state index contributed by atoms with van der Waals surface area (Å²) < 4.78 is 4.72. The zero-order valence-corrected chi connectivity index (χ0v) is 19.1. The van der Waals surface area contributed by atoms with Gasteiger partial charge in [-0.1, -0.05) is 16.4 Å². The molecule has 1 aromatic carbocycles. The molecule has 3 aliphatic rings. The first-order valence-electron chi connectivity index (χ1n) is 11.8. The Kier molecular flexibility index (Phi) is 5.64. The zero-order chi connectivity index (χ0) is 23.1. The van der Waals surface area contributed by atoms with Crippen LogP contribution in [-0.4, -0.2) is 63.5 Å². The van der Waals surface area contributed by atoms with Gasteiger partial charge in [0.05, 0.1) is 29.3 Å². The molecule has 0 N–H and O–H groups in total. The van der Waals surface area contributed by atoms with Gasteiger partial charge in [0.15, 0.2) is 0 Å². The summed E-state index contributed by atoms with van der Waals surface area (Å²) in [4.78, 5) is 45.0. The number of aromatic nitrogens is 2. The molecule has 1 aromatic heterocycles. The maximum Gasteiger partial charge on any atom is 0.264 e. The predicted octanol–water partition coefficient (Wildman–Crippen LogP) is 2.79. The molecule has 4 heterocycles. The van der Waals surface area contributed by atoms with Crippen LogP contribution in [0.1, 0.15) is 71.1 Å². The fourth-order valence-corrected chi connectivity index (χ4v) is 5.32. The van der Waals surface area contributed by atoms with Crippen LogP contribution in [0.2, 0.25) is 0 Å². The van der Waals surface area contributed by atoms with Gasteiger partial charge in [-0.05, 0) is 58.1 Å². The fourth-order valence-electron chi connectivity index (χ4n) is 5.32. The Morgan fingerprint density at radius 2 is 1.94 bits per heavy atom. The number of anilines is 1. The highest BCUT2D eigenvalue weighted by Gasteiger charge is 2.40. The van der Waals surface area contributed by atoms with Crippen molar-refractivity contribution in [2.24, 2.45) is 5.92 Å². The lowest BCUT2D eigenvalue weighted by molar-refractivity contribution is -0.139. The number of benzene rings is 1. The molecule has 2 aromatic rings. The third-order valence-corrected chi connectivity index (χ3v) is 7.23. The Balaban J connectivity index is 1.38. The summed E-state index contributed by atoms with van der Waals surface area (Å²) in [6.07, 6.45) is 5.02. The van der Waals surface area contributed by atoms with E-state index < -0.39 is 0 Å². The van der Waals surface area contributed by atoms with Crippen molar-refractivity contribution in [2.45, 2.75) is 58.5 Å². The monoisotopic (exact) mass is 451 g/mol. The summed E-state index contributed by atoms with van der Waals surface area (Å²) in [6, 6.07) is 5.66. The number of amides is 3. The SMILES string of the molecule is Cc1nonc1CN1C(=O)c2cccc(N3CCC[C@@H](C(=O)N4CCCC[C@@H]4C)C3)c2C1=O. The average Bonchev–Trinajstić information content (AvgIpc) is 3.35. The van der Waals surface area contributed by atoms with Crippen LogP contribution in [0.5, 0.6) is 0 Å². The minimum absolute atomic E-state index is 0.0229. The van der Waals surface area contributed by atoms with Gasteiger partial charge in [0.2, 0.25) is 5.91 Å². The first-order chi connectivity index (χ1) is 16.0. The minimum Gasteiger partial charge on any atom is -0.370 e. The second-order valence-corrected chi connectivity index (χ2v) is 9.35. The average molecular weight is 452 g/mol. The molecule has 2 fully saturated rings. The molecule has 0 radical (unpaired) electrons. The van der Waals surface area contributed by atoms with E-state index in [0.29, 0.717) is 29.1 Å². The number of hydrogen-bond acceptors (Lipinski definition) is 7. The molecule has 9 heteroatoms. The van der Waals surface area contributed by atoms with Crippen molar-refractivity contribution >= 4 is 23.4 Å². The van der Waals surface area contributed by atoms with E-state index in [2.05, 4.69) is 22.1 Å². The van der Waals surface area contributed by atoms with Crippen molar-refractivity contribution in [3.8, 4) is 0 Å². The molecule has 0 aliphatic carbocycles. The summed E-state index contributed by atoms with van der Waals surface area (Å²) in [5.41, 5.74) is 2.55. The van der Waals surface area contributed by atoms with Gasteiger partial charge in [-0.15, -0.1) is 0 Å². The van der Waals surface area contributed by atoms with E-state index in [-0.39, 0.29) is 36.2 Å². The Labute approximate surface area is 192 Å². The second kappa shape index (κ2) is 8.61. The quantitative estimate of drug-likeness (QED) is 0.659. The molecule has 3 aliphatic heterocycles. The Morgan fingerprint density at radius 1 is 1.09 bits per heavy atom. The number of piperidine rings is 2. The van der Waals surface area contributed by atoms with Gasteiger partial charge in [0.25, 0.3) is 11.8 Å². The topological polar surface area (TPSA) is 99.8 Å². The number of carbonyl (C=O) groups is 3. The number of likely N-dealkylation sites (tertiary alicyclic amines) is 1. The van der Waals surface area contributed by atoms with E-state index in [1.807, 2.05) is 17.0 Å². The number of aryl methyl sites for hydroxylation is 1. The molecular weight excluding hydrogens is 422 g/mol. The molecule has 2 saturated heterocycles. The third kappa shape index (κ3) is 3.79. The highest BCUT2D eigenvalue weighted by molar-refractivity contribution is 6.23. The summed E-state index contributed by atoms with van der Waals surface area (Å²) >= 11 is 0. The first kappa shape index (κ1) is 21.6. The van der Waals surface area contributed by atoms with Crippen LogP contribution in [0, 0.1) is 12.8 Å². The number of fused-ring (bicyclic) bond motifs is 1. The molecule has 3 amide bonds. The van der Waals surface area contributed by atoms with E-state index in [9.17, 15) is 14.4 Å². The normalized spacial score (nSPS) is 23.3. The predicted molar refractivity (Wildman–Crippen MR) is 120 cm³/mol. The van der Waals surface area contributed by atoms with Gasteiger partial charge in [-0.3, -0.25) is 19.3 Å². The van der Waals surface area contributed by atoms with Crippen LogP contribution in [0.4, 0.5) is 5.69 Å². The van der Waals surface area contributed by atoms with Crippen molar-refractivity contribution in [2.75, 3.05) is 24.5 Å². The minimum atomic E-state index is -0.342. The summed E-state index contributed by atoms with van der Waals surface area (Å²) in [5, 5.41) is 7.56.